The molecule has 0 aliphatic rings. The highest BCUT2D eigenvalue weighted by Crippen LogP contribution is 2.27. The molecule has 0 bridgehead atoms. The maximum absolute atomic E-state index is 5.21. The summed E-state index contributed by atoms with van der Waals surface area (Å²) in [6.07, 6.45) is 1.34. The fourth-order valence-electron chi connectivity index (χ4n) is 2.10. The molecule has 1 aromatic carbocycles. The van der Waals surface area contributed by atoms with E-state index < -0.39 is 0 Å². The maximum atomic E-state index is 5.21. The SMILES string of the molecule is Cc1cc(-c2nnco2)ccc1NC(C)c1cccs1. The van der Waals surface area contributed by atoms with Crippen molar-refractivity contribution < 1.29 is 4.42 Å². The van der Waals surface area contributed by atoms with Crippen LogP contribution >= 0.6 is 11.3 Å². The molecule has 0 radical (unpaired) electrons. The van der Waals surface area contributed by atoms with Gasteiger partial charge >= 0.3 is 0 Å². The molecule has 0 saturated carbocycles. The Hall–Kier alpha value is -2.14. The molecule has 0 fully saturated rings. The van der Waals surface area contributed by atoms with Gasteiger partial charge in [0.25, 0.3) is 0 Å². The molecule has 2 heterocycles. The lowest BCUT2D eigenvalue weighted by molar-refractivity contribution is 0.568. The molecule has 0 aliphatic heterocycles. The van der Waals surface area contributed by atoms with E-state index in [9.17, 15) is 0 Å². The zero-order valence-corrected chi connectivity index (χ0v) is 12.1. The summed E-state index contributed by atoms with van der Waals surface area (Å²) < 4.78 is 5.21. The van der Waals surface area contributed by atoms with Gasteiger partial charge in [-0.15, -0.1) is 21.5 Å². The zero-order valence-electron chi connectivity index (χ0n) is 11.3. The molecule has 102 valence electrons. The second-order valence-electron chi connectivity index (χ2n) is 4.66. The van der Waals surface area contributed by atoms with Gasteiger partial charge < -0.3 is 9.73 Å². The van der Waals surface area contributed by atoms with Crippen LogP contribution in [0.5, 0.6) is 0 Å². The molecule has 20 heavy (non-hydrogen) atoms. The Balaban J connectivity index is 1.81. The minimum Gasteiger partial charge on any atom is -0.423 e. The van der Waals surface area contributed by atoms with Gasteiger partial charge in [0.15, 0.2) is 0 Å². The van der Waals surface area contributed by atoms with Crippen LogP contribution in [-0.4, -0.2) is 10.2 Å². The molecular formula is C15H15N3OS. The Morgan fingerprint density at radius 1 is 1.30 bits per heavy atom. The van der Waals surface area contributed by atoms with Gasteiger partial charge in [0.2, 0.25) is 12.3 Å². The van der Waals surface area contributed by atoms with Crippen LogP contribution in [0.2, 0.25) is 0 Å². The number of hydrogen-bond acceptors (Lipinski definition) is 5. The van der Waals surface area contributed by atoms with Crippen LogP contribution in [-0.2, 0) is 0 Å². The molecule has 3 rings (SSSR count). The second-order valence-corrected chi connectivity index (χ2v) is 5.63. The Bertz CT molecular complexity index is 677. The van der Waals surface area contributed by atoms with Crippen LogP contribution < -0.4 is 5.32 Å². The van der Waals surface area contributed by atoms with E-state index in [1.807, 2.05) is 6.07 Å². The van der Waals surface area contributed by atoms with Crippen molar-refractivity contribution in [1.29, 1.82) is 0 Å². The standard InChI is InChI=1S/C15H15N3OS/c1-10-8-12(15-18-16-9-19-15)5-6-13(10)17-11(2)14-4-3-7-20-14/h3-9,11,17H,1-2H3. The first-order valence-corrected chi connectivity index (χ1v) is 7.29. The van der Waals surface area contributed by atoms with Crippen molar-refractivity contribution in [2.45, 2.75) is 19.9 Å². The number of aryl methyl sites for hydroxylation is 1. The van der Waals surface area contributed by atoms with Gasteiger partial charge in [-0.2, -0.15) is 0 Å². The topological polar surface area (TPSA) is 51.0 Å². The summed E-state index contributed by atoms with van der Waals surface area (Å²) in [7, 11) is 0. The molecule has 1 N–H and O–H groups in total. The van der Waals surface area contributed by atoms with Crippen molar-refractivity contribution in [2.75, 3.05) is 5.32 Å². The van der Waals surface area contributed by atoms with Crippen molar-refractivity contribution in [3.63, 3.8) is 0 Å². The smallest absolute Gasteiger partial charge is 0.247 e. The number of rotatable bonds is 4. The summed E-state index contributed by atoms with van der Waals surface area (Å²) in [4.78, 5) is 1.32. The summed E-state index contributed by atoms with van der Waals surface area (Å²) in [6, 6.07) is 10.6. The molecule has 0 saturated heterocycles. The van der Waals surface area contributed by atoms with Gasteiger partial charge in [0.05, 0.1) is 6.04 Å². The predicted molar refractivity (Wildman–Crippen MR) is 80.8 cm³/mol. The zero-order chi connectivity index (χ0) is 13.9. The quantitative estimate of drug-likeness (QED) is 0.777. The monoisotopic (exact) mass is 285 g/mol. The first-order chi connectivity index (χ1) is 9.74. The molecule has 0 aliphatic carbocycles. The largest absolute Gasteiger partial charge is 0.423 e. The number of thiophene rings is 1. The van der Waals surface area contributed by atoms with Crippen molar-refractivity contribution >= 4 is 17.0 Å². The third kappa shape index (κ3) is 2.58. The molecule has 4 nitrogen and oxygen atoms in total. The van der Waals surface area contributed by atoms with E-state index >= 15 is 0 Å². The Morgan fingerprint density at radius 3 is 2.85 bits per heavy atom. The van der Waals surface area contributed by atoms with E-state index in [4.69, 9.17) is 4.42 Å². The molecule has 3 aromatic rings. The number of hydrogen-bond donors (Lipinski definition) is 1. The average molecular weight is 285 g/mol. The van der Waals surface area contributed by atoms with Crippen LogP contribution in [0.25, 0.3) is 11.5 Å². The van der Waals surface area contributed by atoms with E-state index in [-0.39, 0.29) is 0 Å². The molecule has 0 amide bonds. The number of nitrogens with zero attached hydrogens (tertiary/aromatic N) is 2. The number of benzene rings is 1. The highest BCUT2D eigenvalue weighted by atomic mass is 32.1. The summed E-state index contributed by atoms with van der Waals surface area (Å²) in [5, 5.41) is 13.3. The van der Waals surface area contributed by atoms with Gasteiger partial charge in [-0.05, 0) is 49.1 Å². The number of anilines is 1. The van der Waals surface area contributed by atoms with Crippen LogP contribution in [0.3, 0.4) is 0 Å². The third-order valence-electron chi connectivity index (χ3n) is 3.18. The predicted octanol–water partition coefficient (Wildman–Crippen LogP) is 4.28. The number of nitrogens with one attached hydrogen (secondary N) is 1. The molecule has 1 unspecified atom stereocenters. The molecule has 0 spiro atoms. The van der Waals surface area contributed by atoms with E-state index in [0.717, 1.165) is 16.8 Å². The summed E-state index contributed by atoms with van der Waals surface area (Å²) in [6.45, 7) is 4.24. The van der Waals surface area contributed by atoms with E-state index in [1.54, 1.807) is 11.3 Å². The van der Waals surface area contributed by atoms with E-state index in [2.05, 4.69) is 59.0 Å². The van der Waals surface area contributed by atoms with Gasteiger partial charge in [-0.1, -0.05) is 6.07 Å². The van der Waals surface area contributed by atoms with Gasteiger partial charge in [0, 0.05) is 16.1 Å². The molecule has 1 atom stereocenters. The van der Waals surface area contributed by atoms with Crippen molar-refractivity contribution in [1.82, 2.24) is 10.2 Å². The third-order valence-corrected chi connectivity index (χ3v) is 4.23. The van der Waals surface area contributed by atoms with Crippen LogP contribution in [0.15, 0.2) is 46.5 Å². The summed E-state index contributed by atoms with van der Waals surface area (Å²) in [5.41, 5.74) is 3.22. The Labute approximate surface area is 121 Å². The first kappa shape index (κ1) is 12.9. The fraction of sp³-hybridized carbons (Fsp3) is 0.200. The highest BCUT2D eigenvalue weighted by Gasteiger charge is 2.10. The fourth-order valence-corrected chi connectivity index (χ4v) is 2.83. The Morgan fingerprint density at radius 2 is 2.20 bits per heavy atom. The van der Waals surface area contributed by atoms with Crippen molar-refractivity contribution in [2.24, 2.45) is 0 Å². The van der Waals surface area contributed by atoms with Gasteiger partial charge in [0.1, 0.15) is 0 Å². The van der Waals surface area contributed by atoms with E-state index in [0.29, 0.717) is 11.9 Å². The van der Waals surface area contributed by atoms with Gasteiger partial charge in [-0.25, -0.2) is 0 Å². The molecule has 5 heteroatoms. The minimum absolute atomic E-state index is 0.294. The average Bonchev–Trinajstić information content (AvgIpc) is 3.14. The summed E-state index contributed by atoms with van der Waals surface area (Å²) >= 11 is 1.76. The first-order valence-electron chi connectivity index (χ1n) is 6.41. The molecular weight excluding hydrogens is 270 g/mol. The normalized spacial score (nSPS) is 12.3. The highest BCUT2D eigenvalue weighted by molar-refractivity contribution is 7.10. The van der Waals surface area contributed by atoms with Crippen LogP contribution in [0.1, 0.15) is 23.4 Å². The summed E-state index contributed by atoms with van der Waals surface area (Å²) in [5.74, 6) is 0.547. The number of aromatic nitrogens is 2. The lowest BCUT2D eigenvalue weighted by atomic mass is 10.1. The molecule has 2 aromatic heterocycles. The van der Waals surface area contributed by atoms with Crippen LogP contribution in [0.4, 0.5) is 5.69 Å². The van der Waals surface area contributed by atoms with Crippen LogP contribution in [0, 0.1) is 6.92 Å². The Kier molecular flexibility index (Phi) is 3.52. The van der Waals surface area contributed by atoms with Crippen molar-refractivity contribution in [3.8, 4) is 11.5 Å². The van der Waals surface area contributed by atoms with Crippen molar-refractivity contribution in [3.05, 3.63) is 52.5 Å². The van der Waals surface area contributed by atoms with Gasteiger partial charge in [-0.3, -0.25) is 0 Å². The maximum Gasteiger partial charge on any atom is 0.247 e. The second kappa shape index (κ2) is 5.46. The minimum atomic E-state index is 0.294. The van der Waals surface area contributed by atoms with E-state index in [1.165, 1.54) is 11.3 Å². The lowest BCUT2D eigenvalue weighted by Gasteiger charge is -2.16. The lowest BCUT2D eigenvalue weighted by Crippen LogP contribution is -2.06.